The fourth-order valence-corrected chi connectivity index (χ4v) is 3.45. The van der Waals surface area contributed by atoms with E-state index in [1.807, 2.05) is 13.8 Å². The van der Waals surface area contributed by atoms with E-state index >= 15 is 0 Å². The Bertz CT molecular complexity index is 720. The van der Waals surface area contributed by atoms with Crippen molar-refractivity contribution in [1.29, 1.82) is 0 Å². The third-order valence-electron chi connectivity index (χ3n) is 4.02. The van der Waals surface area contributed by atoms with Gasteiger partial charge in [-0.05, 0) is 49.9 Å². The van der Waals surface area contributed by atoms with Crippen LogP contribution in [0.3, 0.4) is 0 Å². The summed E-state index contributed by atoms with van der Waals surface area (Å²) in [5.74, 6) is -1.31. The highest BCUT2D eigenvalue weighted by atomic mass is 19.1. The van der Waals surface area contributed by atoms with Crippen LogP contribution in [0.15, 0.2) is 29.4 Å². The van der Waals surface area contributed by atoms with E-state index in [1.165, 1.54) is 29.3 Å². The topological polar surface area (TPSA) is 87.8 Å². The lowest BCUT2D eigenvalue weighted by Gasteiger charge is -2.33. The zero-order chi connectivity index (χ0) is 19.7. The van der Waals surface area contributed by atoms with Crippen molar-refractivity contribution in [2.75, 3.05) is 5.01 Å². The summed E-state index contributed by atoms with van der Waals surface area (Å²) in [6.07, 6.45) is 0.893. The first kappa shape index (κ1) is 19.9. The summed E-state index contributed by atoms with van der Waals surface area (Å²) in [5.41, 5.74) is 5.83. The normalized spacial score (nSPS) is 17.8. The summed E-state index contributed by atoms with van der Waals surface area (Å²) in [6.45, 7) is 10.2. The fraction of sp³-hybridized carbons (Fsp3) is 0.526. The summed E-state index contributed by atoms with van der Waals surface area (Å²) < 4.78 is 13.1. The molecule has 2 amide bonds. The van der Waals surface area contributed by atoms with E-state index in [2.05, 4.69) is 31.2 Å². The second-order valence-corrected chi connectivity index (χ2v) is 8.57. The molecule has 0 spiro atoms. The van der Waals surface area contributed by atoms with Crippen LogP contribution < -0.4 is 16.1 Å². The largest absolute Gasteiger partial charge is 0.368 e. The lowest BCUT2D eigenvalue weighted by atomic mass is 9.81. The Balaban J connectivity index is 2.21. The average Bonchev–Trinajstić information content (AvgIpc) is 2.90. The number of hydrazone groups is 1. The number of primary amides is 1. The maximum atomic E-state index is 13.1. The summed E-state index contributed by atoms with van der Waals surface area (Å²) in [4.78, 5) is 24.5. The SMILES string of the molecule is CC(C)(C)CC(C)(C)NC(=O)C1=NN(c2ccc(F)cc2)C(C(N)=O)C1. The van der Waals surface area contributed by atoms with Crippen molar-refractivity contribution < 1.29 is 14.0 Å². The van der Waals surface area contributed by atoms with Crippen LogP contribution in [0.1, 0.15) is 47.5 Å². The maximum absolute atomic E-state index is 13.1. The third-order valence-corrected chi connectivity index (χ3v) is 4.02. The number of nitrogens with one attached hydrogen (secondary N) is 1. The number of rotatable bonds is 5. The molecule has 0 aliphatic carbocycles. The number of amides is 2. The molecule has 0 bridgehead atoms. The number of halogens is 1. The van der Waals surface area contributed by atoms with Gasteiger partial charge in [0.1, 0.15) is 17.6 Å². The van der Waals surface area contributed by atoms with Crippen molar-refractivity contribution in [3.05, 3.63) is 30.1 Å². The molecular weight excluding hydrogens is 335 g/mol. The Morgan fingerprint density at radius 1 is 1.23 bits per heavy atom. The number of carbonyl (C=O) groups is 2. The molecule has 1 aromatic rings. The van der Waals surface area contributed by atoms with Gasteiger partial charge in [0.05, 0.1) is 5.69 Å². The molecule has 3 N–H and O–H groups in total. The van der Waals surface area contributed by atoms with Crippen molar-refractivity contribution in [2.24, 2.45) is 16.3 Å². The second kappa shape index (κ2) is 7.05. The molecule has 0 saturated carbocycles. The summed E-state index contributed by atoms with van der Waals surface area (Å²) >= 11 is 0. The summed E-state index contributed by atoms with van der Waals surface area (Å²) in [5, 5.41) is 8.66. The minimum atomic E-state index is -0.771. The molecular formula is C19H27FN4O2. The van der Waals surface area contributed by atoms with Crippen LogP contribution in [0.5, 0.6) is 0 Å². The first-order chi connectivity index (χ1) is 11.9. The number of hydrogen-bond donors (Lipinski definition) is 2. The standard InChI is InChI=1S/C19H27FN4O2/c1-18(2,3)11-19(4,5)22-17(26)14-10-15(16(21)25)24(23-14)13-8-6-12(20)7-9-13/h6-9,15H,10-11H2,1-5H3,(H2,21,25)(H,22,26). The lowest BCUT2D eigenvalue weighted by Crippen LogP contribution is -2.48. The highest BCUT2D eigenvalue weighted by Crippen LogP contribution is 2.28. The van der Waals surface area contributed by atoms with E-state index in [-0.39, 0.29) is 23.5 Å². The minimum Gasteiger partial charge on any atom is -0.368 e. The van der Waals surface area contributed by atoms with Crippen molar-refractivity contribution >= 4 is 23.2 Å². The average molecular weight is 362 g/mol. The molecule has 1 aliphatic heterocycles. The van der Waals surface area contributed by atoms with Crippen molar-refractivity contribution in [2.45, 2.75) is 59.0 Å². The van der Waals surface area contributed by atoms with Gasteiger partial charge in [-0.3, -0.25) is 14.6 Å². The molecule has 0 radical (unpaired) electrons. The van der Waals surface area contributed by atoms with Gasteiger partial charge in [-0.25, -0.2) is 4.39 Å². The Labute approximate surface area is 153 Å². The van der Waals surface area contributed by atoms with Gasteiger partial charge < -0.3 is 11.1 Å². The predicted octanol–water partition coefficient (Wildman–Crippen LogP) is 2.58. The van der Waals surface area contributed by atoms with Crippen LogP contribution in [0.25, 0.3) is 0 Å². The highest BCUT2D eigenvalue weighted by molar-refractivity contribution is 6.40. The van der Waals surface area contributed by atoms with E-state index in [0.717, 1.165) is 6.42 Å². The zero-order valence-electron chi connectivity index (χ0n) is 16.0. The van der Waals surface area contributed by atoms with Gasteiger partial charge in [0, 0.05) is 12.0 Å². The first-order valence-electron chi connectivity index (χ1n) is 8.62. The van der Waals surface area contributed by atoms with E-state index in [4.69, 9.17) is 5.73 Å². The molecule has 26 heavy (non-hydrogen) atoms. The number of hydrogen-bond acceptors (Lipinski definition) is 4. The van der Waals surface area contributed by atoms with Gasteiger partial charge in [-0.15, -0.1) is 0 Å². The van der Waals surface area contributed by atoms with Crippen LogP contribution in [-0.4, -0.2) is 29.1 Å². The van der Waals surface area contributed by atoms with E-state index in [1.54, 1.807) is 0 Å². The highest BCUT2D eigenvalue weighted by Gasteiger charge is 2.37. The molecule has 2 rings (SSSR count). The smallest absolute Gasteiger partial charge is 0.267 e. The van der Waals surface area contributed by atoms with Crippen LogP contribution in [0.2, 0.25) is 0 Å². The summed E-state index contributed by atoms with van der Waals surface area (Å²) in [6, 6.07) is 4.77. The number of carbonyl (C=O) groups excluding carboxylic acids is 2. The van der Waals surface area contributed by atoms with Crippen LogP contribution in [0.4, 0.5) is 10.1 Å². The lowest BCUT2D eigenvalue weighted by molar-refractivity contribution is -0.119. The van der Waals surface area contributed by atoms with Crippen LogP contribution in [-0.2, 0) is 9.59 Å². The van der Waals surface area contributed by atoms with Crippen molar-refractivity contribution in [3.8, 4) is 0 Å². The molecule has 1 aromatic carbocycles. The van der Waals surface area contributed by atoms with Gasteiger partial charge >= 0.3 is 0 Å². The molecule has 0 aromatic heterocycles. The number of nitrogens with zero attached hydrogens (tertiary/aromatic N) is 2. The Morgan fingerprint density at radius 3 is 2.31 bits per heavy atom. The number of nitrogens with two attached hydrogens (primary N) is 1. The molecule has 1 unspecified atom stereocenters. The molecule has 142 valence electrons. The molecule has 1 atom stereocenters. The Morgan fingerprint density at radius 2 is 1.81 bits per heavy atom. The molecule has 0 saturated heterocycles. The maximum Gasteiger partial charge on any atom is 0.267 e. The van der Waals surface area contributed by atoms with E-state index in [9.17, 15) is 14.0 Å². The van der Waals surface area contributed by atoms with E-state index in [0.29, 0.717) is 5.69 Å². The van der Waals surface area contributed by atoms with Crippen LogP contribution >= 0.6 is 0 Å². The van der Waals surface area contributed by atoms with Crippen molar-refractivity contribution in [3.63, 3.8) is 0 Å². The van der Waals surface area contributed by atoms with Gasteiger partial charge in [-0.1, -0.05) is 20.8 Å². The van der Waals surface area contributed by atoms with Crippen LogP contribution in [0, 0.1) is 11.2 Å². The van der Waals surface area contributed by atoms with Crippen molar-refractivity contribution in [1.82, 2.24) is 5.32 Å². The summed E-state index contributed by atoms with van der Waals surface area (Å²) in [7, 11) is 0. The zero-order valence-corrected chi connectivity index (χ0v) is 16.0. The molecule has 7 heteroatoms. The fourth-order valence-electron chi connectivity index (χ4n) is 3.45. The van der Waals surface area contributed by atoms with E-state index < -0.39 is 23.3 Å². The second-order valence-electron chi connectivity index (χ2n) is 8.57. The Kier molecular flexibility index (Phi) is 5.39. The third kappa shape index (κ3) is 5.03. The first-order valence-corrected chi connectivity index (χ1v) is 8.62. The Hall–Kier alpha value is -2.44. The van der Waals surface area contributed by atoms with Gasteiger partial charge in [0.2, 0.25) is 5.91 Å². The monoisotopic (exact) mass is 362 g/mol. The molecule has 1 heterocycles. The quantitative estimate of drug-likeness (QED) is 0.844. The predicted molar refractivity (Wildman–Crippen MR) is 100 cm³/mol. The van der Waals surface area contributed by atoms with Gasteiger partial charge in [0.15, 0.2) is 0 Å². The number of benzene rings is 1. The molecule has 1 aliphatic rings. The van der Waals surface area contributed by atoms with Gasteiger partial charge in [0.25, 0.3) is 5.91 Å². The number of anilines is 1. The minimum absolute atomic E-state index is 0.0458. The molecule has 6 nitrogen and oxygen atoms in total. The van der Waals surface area contributed by atoms with Gasteiger partial charge in [-0.2, -0.15) is 5.10 Å². The molecule has 0 fully saturated rings.